The quantitative estimate of drug-likeness (QED) is 0.701. The smallest absolute Gasteiger partial charge is 0.292 e. The first kappa shape index (κ1) is 19.0. The van der Waals surface area contributed by atoms with Crippen LogP contribution in [0.3, 0.4) is 0 Å². The summed E-state index contributed by atoms with van der Waals surface area (Å²) in [5.74, 6) is 1.86. The van der Waals surface area contributed by atoms with E-state index in [1.165, 1.54) is 4.68 Å². The van der Waals surface area contributed by atoms with E-state index in [0.717, 1.165) is 36.5 Å². The molecule has 1 N–H and O–H groups in total. The fraction of sp³-hybridized carbons (Fsp3) is 0.368. The summed E-state index contributed by atoms with van der Waals surface area (Å²) in [6.07, 6.45) is 4.10. The highest BCUT2D eigenvalue weighted by Gasteiger charge is 2.22. The molecular weight excluding hydrogens is 399 g/mol. The molecule has 0 amide bonds. The summed E-state index contributed by atoms with van der Waals surface area (Å²) in [5, 5.41) is 12.8. The summed E-state index contributed by atoms with van der Waals surface area (Å²) in [5.41, 5.74) is 1.63. The molecule has 2 aromatic heterocycles. The molecular formula is C19H20Cl2N6O. The van der Waals surface area contributed by atoms with E-state index in [4.69, 9.17) is 23.2 Å². The second kappa shape index (κ2) is 7.56. The molecule has 0 bridgehead atoms. The van der Waals surface area contributed by atoms with Crippen LogP contribution in [0.4, 0.5) is 5.69 Å². The Morgan fingerprint density at radius 2 is 2.14 bits per heavy atom. The van der Waals surface area contributed by atoms with Gasteiger partial charge in [-0.25, -0.2) is 9.67 Å². The zero-order valence-electron chi connectivity index (χ0n) is 15.6. The van der Waals surface area contributed by atoms with Gasteiger partial charge in [0.25, 0.3) is 5.56 Å². The van der Waals surface area contributed by atoms with Gasteiger partial charge in [0.2, 0.25) is 0 Å². The van der Waals surface area contributed by atoms with Gasteiger partial charge < -0.3 is 5.32 Å². The molecule has 1 unspecified atom stereocenters. The Bertz CT molecular complexity index is 1090. The van der Waals surface area contributed by atoms with E-state index in [-0.39, 0.29) is 11.1 Å². The Hall–Kier alpha value is -2.38. The van der Waals surface area contributed by atoms with Gasteiger partial charge in [-0.05, 0) is 31.0 Å². The number of hydrogen-bond acceptors (Lipinski definition) is 5. The normalized spacial score (nSPS) is 16.1. The van der Waals surface area contributed by atoms with Crippen LogP contribution in [0.1, 0.15) is 30.6 Å². The number of aryl methyl sites for hydroxylation is 3. The van der Waals surface area contributed by atoms with Crippen LogP contribution in [0.2, 0.25) is 10.0 Å². The summed E-state index contributed by atoms with van der Waals surface area (Å²) in [6, 6.07) is 5.43. The molecule has 3 heterocycles. The molecule has 146 valence electrons. The van der Waals surface area contributed by atoms with Crippen molar-refractivity contribution in [2.75, 3.05) is 5.32 Å². The van der Waals surface area contributed by atoms with Gasteiger partial charge in [-0.2, -0.15) is 14.9 Å². The number of hydrogen-bond donors (Lipinski definition) is 1. The van der Waals surface area contributed by atoms with Gasteiger partial charge in [0.15, 0.2) is 5.82 Å². The summed E-state index contributed by atoms with van der Waals surface area (Å²) >= 11 is 12.5. The van der Waals surface area contributed by atoms with Crippen molar-refractivity contribution >= 4 is 28.9 Å². The Kier molecular flexibility index (Phi) is 5.12. The average Bonchev–Trinajstić information content (AvgIpc) is 3.10. The highest BCUT2D eigenvalue weighted by atomic mass is 35.5. The zero-order valence-corrected chi connectivity index (χ0v) is 17.1. The van der Waals surface area contributed by atoms with Crippen molar-refractivity contribution in [2.24, 2.45) is 0 Å². The molecule has 0 saturated heterocycles. The second-order valence-corrected chi connectivity index (χ2v) is 7.67. The largest absolute Gasteiger partial charge is 0.378 e. The van der Waals surface area contributed by atoms with Crippen LogP contribution in [-0.2, 0) is 19.4 Å². The van der Waals surface area contributed by atoms with Crippen molar-refractivity contribution in [3.63, 3.8) is 0 Å². The number of benzene rings is 1. The molecule has 0 radical (unpaired) electrons. The number of aromatic nitrogens is 5. The maximum atomic E-state index is 12.7. The molecule has 9 heteroatoms. The Morgan fingerprint density at radius 3 is 2.89 bits per heavy atom. The van der Waals surface area contributed by atoms with Crippen molar-refractivity contribution in [1.82, 2.24) is 24.5 Å². The Labute approximate surface area is 172 Å². The van der Waals surface area contributed by atoms with Gasteiger partial charge in [0.05, 0.1) is 24.1 Å². The number of fused-ring (bicyclic) bond motifs is 1. The van der Waals surface area contributed by atoms with Gasteiger partial charge in [0, 0.05) is 23.9 Å². The standard InChI is InChI=1S/C19H20Cl2N6O/c1-3-16-24-17-7-5-12(10-26(17)25-16)23-15-9-22-27(19(28)18(15)21)13-6-4-11(2)14(20)8-13/h4,6,8-9,12,23H,3,5,7,10H2,1-2H3. The van der Waals surface area contributed by atoms with Crippen molar-refractivity contribution in [2.45, 2.75) is 45.7 Å². The number of nitrogens with one attached hydrogen (secondary N) is 1. The first-order chi connectivity index (χ1) is 13.5. The van der Waals surface area contributed by atoms with Gasteiger partial charge >= 0.3 is 0 Å². The topological polar surface area (TPSA) is 77.6 Å². The van der Waals surface area contributed by atoms with Crippen molar-refractivity contribution in [1.29, 1.82) is 0 Å². The van der Waals surface area contributed by atoms with Crippen molar-refractivity contribution in [3.8, 4) is 5.69 Å². The molecule has 0 spiro atoms. The maximum absolute atomic E-state index is 12.7. The lowest BCUT2D eigenvalue weighted by atomic mass is 10.1. The number of halogens is 2. The van der Waals surface area contributed by atoms with Crippen LogP contribution in [0.5, 0.6) is 0 Å². The zero-order chi connectivity index (χ0) is 19.8. The summed E-state index contributed by atoms with van der Waals surface area (Å²) in [7, 11) is 0. The minimum Gasteiger partial charge on any atom is -0.378 e. The third-order valence-electron chi connectivity index (χ3n) is 4.90. The third-order valence-corrected chi connectivity index (χ3v) is 5.67. The Balaban J connectivity index is 1.57. The van der Waals surface area contributed by atoms with E-state index in [2.05, 4.69) is 20.5 Å². The summed E-state index contributed by atoms with van der Waals surface area (Å²) < 4.78 is 3.18. The van der Waals surface area contributed by atoms with E-state index in [1.54, 1.807) is 18.3 Å². The summed E-state index contributed by atoms with van der Waals surface area (Å²) in [4.78, 5) is 17.2. The molecule has 0 saturated carbocycles. The fourth-order valence-corrected chi connectivity index (χ4v) is 3.64. The van der Waals surface area contributed by atoms with Crippen LogP contribution in [0, 0.1) is 6.92 Å². The molecule has 1 aromatic carbocycles. The van der Waals surface area contributed by atoms with Gasteiger partial charge in [-0.15, -0.1) is 0 Å². The molecule has 3 aromatic rings. The van der Waals surface area contributed by atoms with Gasteiger partial charge in [-0.1, -0.05) is 36.2 Å². The molecule has 7 nitrogen and oxygen atoms in total. The first-order valence-corrected chi connectivity index (χ1v) is 9.95. The monoisotopic (exact) mass is 418 g/mol. The lowest BCUT2D eigenvalue weighted by Crippen LogP contribution is -2.33. The SMILES string of the molecule is CCc1nc2n(n1)CC(Nc1cnn(-c3ccc(C)c(Cl)c3)c(=O)c1Cl)CC2. The molecule has 1 atom stereocenters. The molecule has 4 rings (SSSR count). The van der Waals surface area contributed by atoms with Crippen LogP contribution in [-0.4, -0.2) is 30.6 Å². The van der Waals surface area contributed by atoms with E-state index in [0.29, 0.717) is 22.9 Å². The molecule has 1 aliphatic rings. The molecule has 28 heavy (non-hydrogen) atoms. The minimum absolute atomic E-state index is 0.0993. The lowest BCUT2D eigenvalue weighted by Gasteiger charge is -2.24. The highest BCUT2D eigenvalue weighted by Crippen LogP contribution is 2.23. The number of rotatable bonds is 4. The van der Waals surface area contributed by atoms with Crippen LogP contribution in [0.15, 0.2) is 29.2 Å². The van der Waals surface area contributed by atoms with E-state index >= 15 is 0 Å². The molecule has 1 aliphatic heterocycles. The minimum atomic E-state index is -0.392. The number of nitrogens with zero attached hydrogens (tertiary/aromatic N) is 5. The fourth-order valence-electron chi connectivity index (χ4n) is 3.28. The van der Waals surface area contributed by atoms with Gasteiger partial charge in [0.1, 0.15) is 10.8 Å². The Morgan fingerprint density at radius 1 is 1.32 bits per heavy atom. The predicted molar refractivity (Wildman–Crippen MR) is 110 cm³/mol. The van der Waals surface area contributed by atoms with Gasteiger partial charge in [-0.3, -0.25) is 4.79 Å². The van der Waals surface area contributed by atoms with Crippen LogP contribution in [0.25, 0.3) is 5.69 Å². The van der Waals surface area contributed by atoms with Crippen LogP contribution < -0.4 is 10.9 Å². The van der Waals surface area contributed by atoms with Crippen LogP contribution >= 0.6 is 23.2 Å². The lowest BCUT2D eigenvalue weighted by molar-refractivity contribution is 0.440. The van der Waals surface area contributed by atoms with E-state index < -0.39 is 5.56 Å². The predicted octanol–water partition coefficient (Wildman–Crippen LogP) is 3.43. The first-order valence-electron chi connectivity index (χ1n) is 9.19. The average molecular weight is 419 g/mol. The van der Waals surface area contributed by atoms with E-state index in [9.17, 15) is 4.79 Å². The van der Waals surface area contributed by atoms with Crippen molar-refractivity contribution < 1.29 is 0 Å². The highest BCUT2D eigenvalue weighted by molar-refractivity contribution is 6.33. The van der Waals surface area contributed by atoms with E-state index in [1.807, 2.05) is 24.6 Å². The third kappa shape index (κ3) is 3.52. The molecule has 0 aliphatic carbocycles. The van der Waals surface area contributed by atoms with Crippen molar-refractivity contribution in [3.05, 3.63) is 62.0 Å². The second-order valence-electron chi connectivity index (χ2n) is 6.88. The summed E-state index contributed by atoms with van der Waals surface area (Å²) in [6.45, 7) is 4.62. The maximum Gasteiger partial charge on any atom is 0.292 e. The number of anilines is 1. The molecule has 0 fully saturated rings.